The van der Waals surface area contributed by atoms with Crippen LogP contribution in [-0.2, 0) is 0 Å². The predicted octanol–water partition coefficient (Wildman–Crippen LogP) is 2.16. The second kappa shape index (κ2) is 7.69. The van der Waals surface area contributed by atoms with Crippen LogP contribution in [-0.4, -0.2) is 59.8 Å². The molecule has 1 saturated heterocycles. The Balaban J connectivity index is 1.51. The fraction of sp³-hybridized carbons (Fsp3) is 0.429. The molecular formula is C21H27N7O. The minimum Gasteiger partial charge on any atom is -0.368 e. The zero-order valence-corrected chi connectivity index (χ0v) is 17.4. The molecule has 1 aliphatic rings. The summed E-state index contributed by atoms with van der Waals surface area (Å²) in [5, 5.41) is 0.664. The molecule has 1 fully saturated rings. The lowest BCUT2D eigenvalue weighted by Crippen LogP contribution is -2.47. The van der Waals surface area contributed by atoms with Gasteiger partial charge in [-0.15, -0.1) is 0 Å². The van der Waals surface area contributed by atoms with E-state index in [-0.39, 0.29) is 11.6 Å². The summed E-state index contributed by atoms with van der Waals surface area (Å²) in [7, 11) is 3.96. The van der Waals surface area contributed by atoms with Crippen LogP contribution in [0.1, 0.15) is 19.9 Å². The highest BCUT2D eigenvalue weighted by Crippen LogP contribution is 2.22. The minimum atomic E-state index is 0.0132. The number of benzene rings is 1. The fourth-order valence-corrected chi connectivity index (χ4v) is 3.59. The molecule has 2 aromatic heterocycles. The maximum Gasteiger partial charge on any atom is 0.261 e. The molecule has 3 aromatic rings. The highest BCUT2D eigenvalue weighted by atomic mass is 16.1. The first kappa shape index (κ1) is 19.2. The van der Waals surface area contributed by atoms with Crippen LogP contribution in [0.2, 0.25) is 0 Å². The largest absolute Gasteiger partial charge is 0.368 e. The highest BCUT2D eigenvalue weighted by Gasteiger charge is 2.20. The van der Waals surface area contributed by atoms with Crippen LogP contribution in [0.15, 0.2) is 41.6 Å². The van der Waals surface area contributed by atoms with Crippen molar-refractivity contribution in [3.63, 3.8) is 0 Å². The van der Waals surface area contributed by atoms with E-state index < -0.39 is 0 Å². The monoisotopic (exact) mass is 393 g/mol. The number of rotatable bonds is 4. The molecule has 1 aromatic carbocycles. The van der Waals surface area contributed by atoms with Gasteiger partial charge in [-0.2, -0.15) is 4.98 Å². The van der Waals surface area contributed by atoms with Crippen molar-refractivity contribution in [2.45, 2.75) is 19.9 Å². The van der Waals surface area contributed by atoms with Crippen molar-refractivity contribution < 1.29 is 0 Å². The maximum atomic E-state index is 12.6. The number of nitrogens with zero attached hydrogens (tertiary/aromatic N) is 7. The van der Waals surface area contributed by atoms with Crippen molar-refractivity contribution >= 4 is 28.4 Å². The standard InChI is InChI=1S/C21H27N7O/c1-15(2)28-14-23-18-13-16(5-6-17(18)20(28)29)26-9-11-27(12-10-26)21-22-8-7-19(24-21)25(3)4/h5-8,13-15H,9-12H2,1-4H3. The average Bonchev–Trinajstić information content (AvgIpc) is 2.73. The van der Waals surface area contributed by atoms with E-state index in [2.05, 4.69) is 24.8 Å². The van der Waals surface area contributed by atoms with Gasteiger partial charge in [0.1, 0.15) is 5.82 Å². The van der Waals surface area contributed by atoms with Gasteiger partial charge in [-0.25, -0.2) is 9.97 Å². The zero-order valence-electron chi connectivity index (χ0n) is 17.4. The van der Waals surface area contributed by atoms with Gasteiger partial charge in [0, 0.05) is 58.2 Å². The van der Waals surface area contributed by atoms with Gasteiger partial charge >= 0.3 is 0 Å². The van der Waals surface area contributed by atoms with Crippen LogP contribution in [0.4, 0.5) is 17.5 Å². The van der Waals surface area contributed by atoms with Crippen molar-refractivity contribution in [3.8, 4) is 0 Å². The summed E-state index contributed by atoms with van der Waals surface area (Å²) < 4.78 is 1.67. The molecule has 29 heavy (non-hydrogen) atoms. The SMILES string of the molecule is CC(C)n1cnc2cc(N3CCN(c4nccc(N(C)C)n4)CC3)ccc2c1=O. The molecule has 8 heteroatoms. The van der Waals surface area contributed by atoms with Crippen LogP contribution < -0.4 is 20.3 Å². The first-order valence-corrected chi connectivity index (χ1v) is 9.95. The van der Waals surface area contributed by atoms with Crippen molar-refractivity contribution in [2.24, 2.45) is 0 Å². The topological polar surface area (TPSA) is 70.4 Å². The van der Waals surface area contributed by atoms with Crippen LogP contribution in [0.3, 0.4) is 0 Å². The van der Waals surface area contributed by atoms with Gasteiger partial charge in [0.25, 0.3) is 5.56 Å². The summed E-state index contributed by atoms with van der Waals surface area (Å²) in [6.07, 6.45) is 3.45. The second-order valence-corrected chi connectivity index (χ2v) is 7.84. The molecule has 0 bridgehead atoms. The number of aromatic nitrogens is 4. The lowest BCUT2D eigenvalue weighted by molar-refractivity contribution is 0.573. The first-order valence-electron chi connectivity index (χ1n) is 9.95. The number of hydrogen-bond donors (Lipinski definition) is 0. The quantitative estimate of drug-likeness (QED) is 0.673. The average molecular weight is 393 g/mol. The van der Waals surface area contributed by atoms with Gasteiger partial charge in [0.05, 0.1) is 17.2 Å². The van der Waals surface area contributed by atoms with Crippen molar-refractivity contribution in [3.05, 3.63) is 47.1 Å². The van der Waals surface area contributed by atoms with Gasteiger partial charge in [0.15, 0.2) is 0 Å². The Morgan fingerprint density at radius 3 is 2.41 bits per heavy atom. The molecule has 3 heterocycles. The lowest BCUT2D eigenvalue weighted by atomic mass is 10.2. The molecule has 0 amide bonds. The van der Waals surface area contributed by atoms with Crippen LogP contribution in [0, 0.1) is 0 Å². The fourth-order valence-electron chi connectivity index (χ4n) is 3.59. The van der Waals surface area contributed by atoms with Gasteiger partial charge in [-0.05, 0) is 38.1 Å². The third-order valence-electron chi connectivity index (χ3n) is 5.34. The summed E-state index contributed by atoms with van der Waals surface area (Å²) >= 11 is 0. The smallest absolute Gasteiger partial charge is 0.261 e. The van der Waals surface area contributed by atoms with E-state index in [1.807, 2.05) is 63.3 Å². The van der Waals surface area contributed by atoms with Crippen molar-refractivity contribution in [2.75, 3.05) is 55.0 Å². The number of fused-ring (bicyclic) bond motifs is 1. The van der Waals surface area contributed by atoms with Gasteiger partial charge < -0.3 is 14.7 Å². The second-order valence-electron chi connectivity index (χ2n) is 7.84. The lowest BCUT2D eigenvalue weighted by Gasteiger charge is -2.36. The molecule has 1 aliphatic heterocycles. The Kier molecular flexibility index (Phi) is 5.08. The first-order chi connectivity index (χ1) is 13.9. The van der Waals surface area contributed by atoms with Gasteiger partial charge in [0.2, 0.25) is 5.95 Å². The van der Waals surface area contributed by atoms with Crippen LogP contribution >= 0.6 is 0 Å². The number of anilines is 3. The number of piperazine rings is 1. The summed E-state index contributed by atoms with van der Waals surface area (Å²) in [4.78, 5) is 32.7. The number of hydrogen-bond acceptors (Lipinski definition) is 7. The third kappa shape index (κ3) is 3.74. The summed E-state index contributed by atoms with van der Waals surface area (Å²) in [6.45, 7) is 7.39. The van der Waals surface area contributed by atoms with E-state index in [0.717, 1.165) is 49.1 Å². The highest BCUT2D eigenvalue weighted by molar-refractivity contribution is 5.81. The Bertz CT molecular complexity index is 1070. The van der Waals surface area contributed by atoms with Gasteiger partial charge in [-0.3, -0.25) is 9.36 Å². The van der Waals surface area contributed by atoms with E-state index in [1.54, 1.807) is 10.9 Å². The Hall–Kier alpha value is -3.16. The molecule has 0 unspecified atom stereocenters. The normalized spacial score (nSPS) is 14.7. The maximum absolute atomic E-state index is 12.6. The summed E-state index contributed by atoms with van der Waals surface area (Å²) in [6, 6.07) is 7.94. The van der Waals surface area contributed by atoms with E-state index in [4.69, 9.17) is 0 Å². The molecule has 4 rings (SSSR count). The summed E-state index contributed by atoms with van der Waals surface area (Å²) in [5.41, 5.74) is 1.85. The summed E-state index contributed by atoms with van der Waals surface area (Å²) in [5.74, 6) is 1.68. The Morgan fingerprint density at radius 1 is 1.00 bits per heavy atom. The van der Waals surface area contributed by atoms with Crippen LogP contribution in [0.5, 0.6) is 0 Å². The molecule has 0 N–H and O–H groups in total. The molecule has 8 nitrogen and oxygen atoms in total. The molecule has 0 atom stereocenters. The molecule has 0 spiro atoms. The van der Waals surface area contributed by atoms with Crippen molar-refractivity contribution in [1.29, 1.82) is 0 Å². The van der Waals surface area contributed by atoms with E-state index in [0.29, 0.717) is 5.39 Å². The predicted molar refractivity (Wildman–Crippen MR) is 117 cm³/mol. The zero-order chi connectivity index (χ0) is 20.5. The molecule has 152 valence electrons. The Morgan fingerprint density at radius 2 is 1.72 bits per heavy atom. The molecular weight excluding hydrogens is 366 g/mol. The minimum absolute atomic E-state index is 0.0132. The molecule has 0 saturated carbocycles. The van der Waals surface area contributed by atoms with E-state index in [1.165, 1.54) is 0 Å². The van der Waals surface area contributed by atoms with Crippen LogP contribution in [0.25, 0.3) is 10.9 Å². The molecule has 0 radical (unpaired) electrons. The third-order valence-corrected chi connectivity index (χ3v) is 5.34. The van der Waals surface area contributed by atoms with Gasteiger partial charge in [-0.1, -0.05) is 0 Å². The van der Waals surface area contributed by atoms with E-state index >= 15 is 0 Å². The Labute approximate surface area is 170 Å². The molecule has 0 aliphatic carbocycles. The van der Waals surface area contributed by atoms with E-state index in [9.17, 15) is 4.79 Å². The van der Waals surface area contributed by atoms with Crippen molar-refractivity contribution in [1.82, 2.24) is 19.5 Å².